The van der Waals surface area contributed by atoms with E-state index in [1.165, 1.54) is 6.08 Å². The molecule has 1 atom stereocenters. The van der Waals surface area contributed by atoms with Crippen LogP contribution < -0.4 is 0 Å². The SMILES string of the molecule is [N-]=[N+]=C1C(O)=CC=CC1N=Nc1ccccc1. The number of hydrogen-bond donors (Lipinski definition) is 1. The Labute approximate surface area is 98.1 Å². The highest BCUT2D eigenvalue weighted by Gasteiger charge is 2.27. The summed E-state index contributed by atoms with van der Waals surface area (Å²) in [6.07, 6.45) is 4.75. The van der Waals surface area contributed by atoms with Crippen LogP contribution in [0.3, 0.4) is 0 Å². The van der Waals surface area contributed by atoms with Crippen molar-refractivity contribution in [2.45, 2.75) is 6.04 Å². The molecular weight excluding hydrogens is 216 g/mol. The van der Waals surface area contributed by atoms with Crippen molar-refractivity contribution in [2.75, 3.05) is 0 Å². The van der Waals surface area contributed by atoms with Crippen molar-refractivity contribution in [2.24, 2.45) is 10.2 Å². The fourth-order valence-corrected chi connectivity index (χ4v) is 1.41. The van der Waals surface area contributed by atoms with Crippen molar-refractivity contribution >= 4 is 11.4 Å². The Bertz CT molecular complexity index is 539. The Hall–Kier alpha value is -2.52. The summed E-state index contributed by atoms with van der Waals surface area (Å²) >= 11 is 0. The molecule has 0 saturated heterocycles. The Balaban J connectivity index is 2.20. The predicted octanol–water partition coefficient (Wildman–Crippen LogP) is 2.82. The van der Waals surface area contributed by atoms with Gasteiger partial charge in [-0.15, -0.1) is 0 Å². The standard InChI is InChI=1S/C12H10N4O/c13-14-12-10(7-4-8-11(12)17)16-15-9-5-2-1-3-6-9/h1-8,10,17H. The number of aliphatic hydroxyl groups is 1. The number of aliphatic hydroxyl groups excluding tert-OH is 1. The molecule has 17 heavy (non-hydrogen) atoms. The summed E-state index contributed by atoms with van der Waals surface area (Å²) in [5.74, 6) is -0.105. The Morgan fingerprint density at radius 3 is 2.71 bits per heavy atom. The van der Waals surface area contributed by atoms with Gasteiger partial charge in [-0.05, 0) is 24.3 Å². The summed E-state index contributed by atoms with van der Waals surface area (Å²) < 4.78 is 0. The van der Waals surface area contributed by atoms with Gasteiger partial charge in [-0.25, -0.2) is 0 Å². The largest absolute Gasteiger partial charge is 0.502 e. The van der Waals surface area contributed by atoms with Gasteiger partial charge in [0.1, 0.15) is 0 Å². The van der Waals surface area contributed by atoms with Crippen molar-refractivity contribution in [1.29, 1.82) is 0 Å². The first-order valence-electron chi connectivity index (χ1n) is 5.07. The van der Waals surface area contributed by atoms with E-state index in [9.17, 15) is 5.11 Å². The van der Waals surface area contributed by atoms with Gasteiger partial charge in [0.05, 0.1) is 5.69 Å². The molecule has 0 amide bonds. The number of hydrogen-bond acceptors (Lipinski definition) is 3. The zero-order chi connectivity index (χ0) is 12.1. The number of allylic oxidation sites excluding steroid dienone is 2. The topological polar surface area (TPSA) is 81.4 Å². The van der Waals surface area contributed by atoms with Crippen LogP contribution in [0.5, 0.6) is 0 Å². The average Bonchev–Trinajstić information content (AvgIpc) is 2.37. The molecule has 1 aromatic rings. The van der Waals surface area contributed by atoms with Crippen LogP contribution in [0.1, 0.15) is 0 Å². The number of azo groups is 1. The minimum absolute atomic E-state index is 0.0900. The van der Waals surface area contributed by atoms with Gasteiger partial charge in [0.25, 0.3) is 0 Å². The maximum Gasteiger partial charge on any atom is 0.363 e. The molecule has 84 valence electrons. The van der Waals surface area contributed by atoms with E-state index in [2.05, 4.69) is 15.0 Å². The first-order valence-corrected chi connectivity index (χ1v) is 5.07. The first-order chi connectivity index (χ1) is 8.31. The van der Waals surface area contributed by atoms with E-state index in [1.54, 1.807) is 12.2 Å². The molecule has 1 unspecified atom stereocenters. The molecule has 0 radical (unpaired) electrons. The molecule has 0 saturated carbocycles. The normalized spacial score (nSPS) is 19.2. The van der Waals surface area contributed by atoms with E-state index in [0.29, 0.717) is 5.69 Å². The molecule has 0 bridgehead atoms. The van der Waals surface area contributed by atoms with Gasteiger partial charge in [-0.2, -0.15) is 15.0 Å². The Kier molecular flexibility index (Phi) is 3.23. The summed E-state index contributed by atoms with van der Waals surface area (Å²) in [5.41, 5.74) is 9.57. The molecule has 0 fully saturated rings. The fourth-order valence-electron chi connectivity index (χ4n) is 1.41. The molecule has 0 heterocycles. The smallest absolute Gasteiger partial charge is 0.363 e. The van der Waals surface area contributed by atoms with Gasteiger partial charge in [-0.1, -0.05) is 24.3 Å². The molecule has 5 heteroatoms. The third kappa shape index (κ3) is 2.53. The van der Waals surface area contributed by atoms with Crippen molar-refractivity contribution in [1.82, 2.24) is 0 Å². The minimum Gasteiger partial charge on any atom is -0.502 e. The molecule has 1 aliphatic carbocycles. The van der Waals surface area contributed by atoms with Crippen molar-refractivity contribution in [3.63, 3.8) is 0 Å². The van der Waals surface area contributed by atoms with Crippen LogP contribution in [0.25, 0.3) is 5.53 Å². The van der Waals surface area contributed by atoms with E-state index in [0.717, 1.165) is 0 Å². The molecule has 0 aromatic heterocycles. The highest BCUT2D eigenvalue weighted by molar-refractivity contribution is 6.00. The molecule has 1 aliphatic rings. The molecule has 0 aliphatic heterocycles. The summed E-state index contributed by atoms with van der Waals surface area (Å²) in [5, 5.41) is 17.5. The van der Waals surface area contributed by atoms with Crippen LogP contribution in [-0.2, 0) is 0 Å². The van der Waals surface area contributed by atoms with E-state index >= 15 is 0 Å². The zero-order valence-corrected chi connectivity index (χ0v) is 8.93. The lowest BCUT2D eigenvalue weighted by Gasteiger charge is -2.04. The van der Waals surface area contributed by atoms with Crippen LogP contribution in [-0.4, -0.2) is 21.6 Å². The van der Waals surface area contributed by atoms with E-state index in [-0.39, 0.29) is 11.5 Å². The molecule has 5 nitrogen and oxygen atoms in total. The second kappa shape index (κ2) is 5.01. The lowest BCUT2D eigenvalue weighted by Crippen LogP contribution is -2.21. The van der Waals surface area contributed by atoms with Gasteiger partial charge >= 0.3 is 5.71 Å². The first kappa shape index (κ1) is 11.0. The highest BCUT2D eigenvalue weighted by Crippen LogP contribution is 2.15. The second-order valence-electron chi connectivity index (χ2n) is 3.42. The summed E-state index contributed by atoms with van der Waals surface area (Å²) in [6.45, 7) is 0. The average molecular weight is 226 g/mol. The van der Waals surface area contributed by atoms with Gasteiger partial charge in [-0.3, -0.25) is 0 Å². The van der Waals surface area contributed by atoms with Gasteiger partial charge in [0.2, 0.25) is 5.76 Å². The third-order valence-corrected chi connectivity index (χ3v) is 2.25. The van der Waals surface area contributed by atoms with Crippen LogP contribution in [0.15, 0.2) is 64.5 Å². The summed E-state index contributed by atoms with van der Waals surface area (Å²) in [4.78, 5) is 3.02. The Morgan fingerprint density at radius 1 is 1.24 bits per heavy atom. The lowest BCUT2D eigenvalue weighted by molar-refractivity contribution is -0.0113. The van der Waals surface area contributed by atoms with Crippen LogP contribution in [0, 0.1) is 0 Å². The van der Waals surface area contributed by atoms with Gasteiger partial charge < -0.3 is 10.6 Å². The van der Waals surface area contributed by atoms with E-state index < -0.39 is 6.04 Å². The van der Waals surface area contributed by atoms with Crippen molar-refractivity contribution in [3.05, 3.63) is 59.9 Å². The van der Waals surface area contributed by atoms with Gasteiger partial charge in [0.15, 0.2) is 6.04 Å². The van der Waals surface area contributed by atoms with Gasteiger partial charge in [0, 0.05) is 0 Å². The van der Waals surface area contributed by atoms with Crippen LogP contribution >= 0.6 is 0 Å². The Morgan fingerprint density at radius 2 is 2.00 bits per heavy atom. The molecule has 1 N–H and O–H groups in total. The number of nitrogens with zero attached hydrogens (tertiary/aromatic N) is 4. The van der Waals surface area contributed by atoms with Crippen LogP contribution in [0.2, 0.25) is 0 Å². The predicted molar refractivity (Wildman–Crippen MR) is 63.2 cm³/mol. The monoisotopic (exact) mass is 226 g/mol. The molecular formula is C12H10N4O. The number of benzene rings is 1. The fraction of sp³-hybridized carbons (Fsp3) is 0.0833. The molecule has 0 spiro atoms. The molecule has 1 aromatic carbocycles. The quantitative estimate of drug-likeness (QED) is 0.610. The summed E-state index contributed by atoms with van der Waals surface area (Å²) in [6, 6.07) is 8.63. The molecule has 2 rings (SSSR count). The maximum atomic E-state index is 9.45. The summed E-state index contributed by atoms with van der Waals surface area (Å²) in [7, 11) is 0. The van der Waals surface area contributed by atoms with Crippen molar-refractivity contribution < 1.29 is 9.90 Å². The van der Waals surface area contributed by atoms with E-state index in [1.807, 2.05) is 30.3 Å². The van der Waals surface area contributed by atoms with E-state index in [4.69, 9.17) is 5.53 Å². The highest BCUT2D eigenvalue weighted by atomic mass is 16.3. The second-order valence-corrected chi connectivity index (χ2v) is 3.42. The van der Waals surface area contributed by atoms with Crippen LogP contribution in [0.4, 0.5) is 5.69 Å². The zero-order valence-electron chi connectivity index (χ0n) is 8.93. The number of rotatable bonds is 2. The van der Waals surface area contributed by atoms with Crippen molar-refractivity contribution in [3.8, 4) is 0 Å². The maximum absolute atomic E-state index is 9.45. The minimum atomic E-state index is -0.565. The third-order valence-electron chi connectivity index (χ3n) is 2.25. The lowest BCUT2D eigenvalue weighted by atomic mass is 10.1.